The van der Waals surface area contributed by atoms with Crippen molar-refractivity contribution < 1.29 is 0 Å². The molecule has 0 bridgehead atoms. The molecule has 0 unspecified atom stereocenters. The van der Waals surface area contributed by atoms with Gasteiger partial charge in [0.05, 0.1) is 16.9 Å². The maximum atomic E-state index is 7.21. The molecule has 0 aliphatic heterocycles. The molecular weight excluding hydrogens is 302 g/mol. The van der Waals surface area contributed by atoms with Crippen molar-refractivity contribution in [2.75, 3.05) is 0 Å². The Morgan fingerprint density at radius 1 is 1.29 bits per heavy atom. The van der Waals surface area contributed by atoms with Gasteiger partial charge in [0.1, 0.15) is 21.6 Å². The monoisotopic (exact) mass is 309 g/mol. The Morgan fingerprint density at radius 2 is 2.12 bits per heavy atom. The van der Waals surface area contributed by atoms with E-state index < -0.39 is 0 Å². The number of amidine groups is 1. The van der Waals surface area contributed by atoms with Crippen molar-refractivity contribution >= 4 is 33.5 Å². The van der Waals surface area contributed by atoms with Crippen LogP contribution in [0.5, 0.6) is 0 Å². The molecule has 5 nitrogen and oxygen atoms in total. The lowest BCUT2D eigenvalue weighted by Crippen LogP contribution is -2.13. The minimum atomic E-state index is -0.0898. The van der Waals surface area contributed by atoms with Crippen LogP contribution in [0.1, 0.15) is 5.69 Å². The van der Waals surface area contributed by atoms with Crippen LogP contribution in [0.4, 0.5) is 0 Å². The molecule has 2 aromatic heterocycles. The average molecular weight is 310 g/mol. The predicted octanol–water partition coefficient (Wildman–Crippen LogP) is 2.07. The van der Waals surface area contributed by atoms with Gasteiger partial charge in [-0.25, -0.2) is 15.0 Å². The Balaban J connectivity index is 2.20. The summed E-state index contributed by atoms with van der Waals surface area (Å²) in [5, 5.41) is 8.73. The van der Waals surface area contributed by atoms with E-state index in [1.807, 2.05) is 12.1 Å². The first-order valence-electron chi connectivity index (χ1n) is 4.61. The molecule has 2 rings (SSSR count). The molecule has 0 aliphatic rings. The predicted molar refractivity (Wildman–Crippen MR) is 69.1 cm³/mol. The standard InChI is InChI=1S/C10H8BrN5S/c11-6-2-1-3-14-10(6)17-8-5-15-7(4-16-8)9(12)13/h1-5H,(H3,12,13). The van der Waals surface area contributed by atoms with Crippen LogP contribution in [0.3, 0.4) is 0 Å². The van der Waals surface area contributed by atoms with Crippen molar-refractivity contribution in [2.24, 2.45) is 5.73 Å². The number of rotatable bonds is 3. The Hall–Kier alpha value is -1.47. The summed E-state index contributed by atoms with van der Waals surface area (Å²) in [5.41, 5.74) is 5.66. The molecule has 2 aromatic rings. The largest absolute Gasteiger partial charge is 0.382 e. The van der Waals surface area contributed by atoms with Gasteiger partial charge in [-0.2, -0.15) is 0 Å². The minimum absolute atomic E-state index is 0.0898. The van der Waals surface area contributed by atoms with Gasteiger partial charge in [-0.05, 0) is 39.8 Å². The van der Waals surface area contributed by atoms with Crippen LogP contribution in [-0.4, -0.2) is 20.8 Å². The van der Waals surface area contributed by atoms with Crippen LogP contribution in [0.2, 0.25) is 0 Å². The fourth-order valence-corrected chi connectivity index (χ4v) is 2.24. The minimum Gasteiger partial charge on any atom is -0.382 e. The SMILES string of the molecule is N=C(N)c1cnc(Sc2ncccc2Br)cn1. The summed E-state index contributed by atoms with van der Waals surface area (Å²) in [6, 6.07) is 3.76. The zero-order chi connectivity index (χ0) is 12.3. The molecule has 0 saturated heterocycles. The Kier molecular flexibility index (Phi) is 3.70. The first-order chi connectivity index (χ1) is 8.16. The van der Waals surface area contributed by atoms with E-state index in [1.165, 1.54) is 18.0 Å². The molecule has 0 fully saturated rings. The maximum Gasteiger partial charge on any atom is 0.143 e. The van der Waals surface area contributed by atoms with Crippen molar-refractivity contribution in [3.8, 4) is 0 Å². The summed E-state index contributed by atoms with van der Waals surface area (Å²) in [6.07, 6.45) is 4.76. The summed E-state index contributed by atoms with van der Waals surface area (Å²) in [7, 11) is 0. The smallest absolute Gasteiger partial charge is 0.143 e. The number of nitrogens with zero attached hydrogens (tertiary/aromatic N) is 3. The van der Waals surface area contributed by atoms with Gasteiger partial charge in [-0.1, -0.05) is 0 Å². The van der Waals surface area contributed by atoms with Crippen LogP contribution in [-0.2, 0) is 0 Å². The van der Waals surface area contributed by atoms with Crippen LogP contribution in [0, 0.1) is 5.41 Å². The molecule has 86 valence electrons. The second-order valence-corrected chi connectivity index (χ2v) is 4.91. The highest BCUT2D eigenvalue weighted by molar-refractivity contribution is 9.10. The van der Waals surface area contributed by atoms with Crippen LogP contribution in [0.15, 0.2) is 45.2 Å². The molecule has 0 atom stereocenters. The van der Waals surface area contributed by atoms with Crippen molar-refractivity contribution in [1.82, 2.24) is 15.0 Å². The Labute approximate surface area is 111 Å². The highest BCUT2D eigenvalue weighted by Crippen LogP contribution is 2.29. The molecule has 7 heteroatoms. The maximum absolute atomic E-state index is 7.21. The van der Waals surface area contributed by atoms with E-state index in [9.17, 15) is 0 Å². The summed E-state index contributed by atoms with van der Waals surface area (Å²) in [6.45, 7) is 0. The molecule has 0 saturated carbocycles. The van der Waals surface area contributed by atoms with E-state index in [0.29, 0.717) is 10.7 Å². The van der Waals surface area contributed by atoms with Gasteiger partial charge in [-0.15, -0.1) is 0 Å². The zero-order valence-corrected chi connectivity index (χ0v) is 11.0. The average Bonchev–Trinajstić information content (AvgIpc) is 2.33. The fraction of sp³-hybridized carbons (Fsp3) is 0. The van der Waals surface area contributed by atoms with E-state index in [-0.39, 0.29) is 5.84 Å². The summed E-state index contributed by atoms with van der Waals surface area (Å²) >= 11 is 4.80. The summed E-state index contributed by atoms with van der Waals surface area (Å²) in [4.78, 5) is 12.4. The molecule has 0 aliphatic carbocycles. The highest BCUT2D eigenvalue weighted by Gasteiger charge is 2.05. The van der Waals surface area contributed by atoms with Gasteiger partial charge in [0.25, 0.3) is 0 Å². The molecular formula is C10H8BrN5S. The third-order valence-corrected chi connectivity index (χ3v) is 3.67. The van der Waals surface area contributed by atoms with Gasteiger partial charge < -0.3 is 5.73 Å². The van der Waals surface area contributed by atoms with E-state index in [2.05, 4.69) is 30.9 Å². The first kappa shape index (κ1) is 12.0. The number of hydrogen-bond acceptors (Lipinski definition) is 5. The number of nitrogens with one attached hydrogen (secondary N) is 1. The molecule has 0 aromatic carbocycles. The number of aromatic nitrogens is 3. The van der Waals surface area contributed by atoms with Crippen molar-refractivity contribution in [2.45, 2.75) is 10.1 Å². The van der Waals surface area contributed by atoms with Crippen LogP contribution >= 0.6 is 27.7 Å². The molecule has 0 radical (unpaired) electrons. The van der Waals surface area contributed by atoms with Crippen molar-refractivity contribution in [3.05, 3.63) is 40.9 Å². The lowest BCUT2D eigenvalue weighted by Gasteiger charge is -2.02. The number of halogens is 1. The second-order valence-electron chi connectivity index (χ2n) is 3.05. The van der Waals surface area contributed by atoms with Crippen molar-refractivity contribution in [1.29, 1.82) is 5.41 Å². The quantitative estimate of drug-likeness (QED) is 0.669. The topological polar surface area (TPSA) is 88.5 Å². The van der Waals surface area contributed by atoms with E-state index in [4.69, 9.17) is 11.1 Å². The summed E-state index contributed by atoms with van der Waals surface area (Å²) in [5.74, 6) is -0.0898. The Bertz CT molecular complexity index is 543. The number of nitrogen functional groups attached to an aromatic ring is 1. The molecule has 3 N–H and O–H groups in total. The van der Waals surface area contributed by atoms with Gasteiger partial charge >= 0.3 is 0 Å². The van der Waals surface area contributed by atoms with Gasteiger partial charge in [0, 0.05) is 6.20 Å². The zero-order valence-electron chi connectivity index (χ0n) is 8.59. The second kappa shape index (κ2) is 5.24. The molecule has 0 amide bonds. The van der Waals surface area contributed by atoms with Gasteiger partial charge in [-0.3, -0.25) is 5.41 Å². The Morgan fingerprint density at radius 3 is 2.71 bits per heavy atom. The third kappa shape index (κ3) is 3.01. The number of nitrogens with two attached hydrogens (primary N) is 1. The van der Waals surface area contributed by atoms with E-state index in [1.54, 1.807) is 12.4 Å². The molecule has 2 heterocycles. The van der Waals surface area contributed by atoms with E-state index >= 15 is 0 Å². The van der Waals surface area contributed by atoms with Crippen LogP contribution < -0.4 is 5.73 Å². The van der Waals surface area contributed by atoms with E-state index in [0.717, 1.165) is 9.50 Å². The molecule has 17 heavy (non-hydrogen) atoms. The fourth-order valence-electron chi connectivity index (χ4n) is 1.05. The lowest BCUT2D eigenvalue weighted by molar-refractivity contribution is 1.02. The number of pyridine rings is 1. The van der Waals surface area contributed by atoms with Gasteiger partial charge in [0.15, 0.2) is 0 Å². The van der Waals surface area contributed by atoms with Crippen molar-refractivity contribution in [3.63, 3.8) is 0 Å². The number of hydrogen-bond donors (Lipinski definition) is 2. The highest BCUT2D eigenvalue weighted by atomic mass is 79.9. The van der Waals surface area contributed by atoms with Gasteiger partial charge in [0.2, 0.25) is 0 Å². The first-order valence-corrected chi connectivity index (χ1v) is 6.22. The lowest BCUT2D eigenvalue weighted by atomic mass is 10.4. The van der Waals surface area contributed by atoms with Crippen LogP contribution in [0.25, 0.3) is 0 Å². The normalized spacial score (nSPS) is 10.2. The summed E-state index contributed by atoms with van der Waals surface area (Å²) < 4.78 is 0.905. The third-order valence-electron chi connectivity index (χ3n) is 1.83. The molecule has 0 spiro atoms.